The molecule has 1 heterocycles. The molecule has 17 heavy (non-hydrogen) atoms. The lowest BCUT2D eigenvalue weighted by molar-refractivity contribution is -0.135. The van der Waals surface area contributed by atoms with Crippen molar-refractivity contribution in [2.75, 3.05) is 19.7 Å². The Morgan fingerprint density at radius 1 is 1.59 bits per heavy atom. The van der Waals surface area contributed by atoms with Crippen LogP contribution in [0.2, 0.25) is 0 Å². The molecule has 3 N–H and O–H groups in total. The predicted octanol–water partition coefficient (Wildman–Crippen LogP) is 1.27. The van der Waals surface area contributed by atoms with Crippen molar-refractivity contribution in [1.29, 1.82) is 0 Å². The van der Waals surface area contributed by atoms with Gasteiger partial charge in [-0.3, -0.25) is 9.69 Å². The van der Waals surface area contributed by atoms with Crippen LogP contribution < -0.4 is 5.73 Å². The predicted molar refractivity (Wildman–Crippen MR) is 67.8 cm³/mol. The normalized spacial score (nSPS) is 22.5. The highest BCUT2D eigenvalue weighted by Gasteiger charge is 2.22. The van der Waals surface area contributed by atoms with Crippen molar-refractivity contribution in [1.82, 2.24) is 4.90 Å². The van der Waals surface area contributed by atoms with E-state index < -0.39 is 5.97 Å². The molecule has 5 heteroatoms. The van der Waals surface area contributed by atoms with E-state index >= 15 is 0 Å². The number of ether oxygens (including phenoxy) is 1. The van der Waals surface area contributed by atoms with Gasteiger partial charge in [0.2, 0.25) is 0 Å². The molecule has 1 aliphatic rings. The number of likely N-dealkylation sites (tertiary alicyclic amines) is 1. The quantitative estimate of drug-likeness (QED) is 0.781. The molecule has 0 bridgehead atoms. The smallest absolute Gasteiger partial charge is 0.317 e. The van der Waals surface area contributed by atoms with Gasteiger partial charge < -0.3 is 15.6 Å². The summed E-state index contributed by atoms with van der Waals surface area (Å²) in [6.45, 7) is 8.28. The van der Waals surface area contributed by atoms with E-state index in [1.165, 1.54) is 25.8 Å². The van der Waals surface area contributed by atoms with Crippen molar-refractivity contribution in [3.05, 3.63) is 0 Å². The van der Waals surface area contributed by atoms with E-state index in [1.54, 1.807) is 0 Å². The molecule has 2 atom stereocenters. The molecule has 0 spiro atoms. The van der Waals surface area contributed by atoms with Crippen LogP contribution in [0.5, 0.6) is 0 Å². The molecule has 1 rings (SSSR count). The van der Waals surface area contributed by atoms with Gasteiger partial charge in [-0.05, 0) is 33.6 Å². The molecule has 2 unspecified atom stereocenters. The van der Waals surface area contributed by atoms with E-state index in [1.807, 2.05) is 0 Å². The maximum absolute atomic E-state index is 9.24. The standard InChI is InChI=1S/C10H21NO.C2H5NO2/c1-4-12-10(3)11-8-6-5-7-9(11)2;3-1-2(4)5/h9-10H,4-8H2,1-3H3;1,3H2,(H,4,5). The van der Waals surface area contributed by atoms with Gasteiger partial charge in [0.05, 0.1) is 6.54 Å². The summed E-state index contributed by atoms with van der Waals surface area (Å²) in [6.07, 6.45) is 4.36. The third-order valence-corrected chi connectivity index (χ3v) is 2.90. The molecule has 0 aliphatic carbocycles. The fraction of sp³-hybridized carbons (Fsp3) is 0.917. The minimum atomic E-state index is -0.968. The van der Waals surface area contributed by atoms with Crippen LogP contribution >= 0.6 is 0 Å². The first-order valence-electron chi connectivity index (χ1n) is 6.32. The summed E-state index contributed by atoms with van der Waals surface area (Å²) in [5.74, 6) is -0.968. The molecule has 1 saturated heterocycles. The average molecular weight is 246 g/mol. The molecule has 102 valence electrons. The van der Waals surface area contributed by atoms with Crippen LogP contribution in [0.4, 0.5) is 0 Å². The van der Waals surface area contributed by atoms with Gasteiger partial charge in [0, 0.05) is 19.2 Å². The molecular weight excluding hydrogens is 220 g/mol. The lowest BCUT2D eigenvalue weighted by Gasteiger charge is -2.37. The highest BCUT2D eigenvalue weighted by Crippen LogP contribution is 2.19. The van der Waals surface area contributed by atoms with Crippen LogP contribution in [0.15, 0.2) is 0 Å². The molecule has 0 amide bonds. The Hall–Kier alpha value is -0.650. The highest BCUT2D eigenvalue weighted by atomic mass is 16.5. The highest BCUT2D eigenvalue weighted by molar-refractivity contribution is 5.68. The summed E-state index contributed by atoms with van der Waals surface area (Å²) in [7, 11) is 0. The monoisotopic (exact) mass is 246 g/mol. The van der Waals surface area contributed by atoms with Gasteiger partial charge in [0.1, 0.15) is 6.23 Å². The minimum Gasteiger partial charge on any atom is -0.480 e. The Labute approximate surface area is 104 Å². The molecule has 0 aromatic heterocycles. The summed E-state index contributed by atoms with van der Waals surface area (Å²) in [5, 5.41) is 7.60. The van der Waals surface area contributed by atoms with E-state index in [9.17, 15) is 4.79 Å². The number of carboxylic acids is 1. The van der Waals surface area contributed by atoms with Gasteiger partial charge in [-0.15, -0.1) is 0 Å². The molecule has 0 radical (unpaired) electrons. The number of carbonyl (C=O) groups is 1. The van der Waals surface area contributed by atoms with Crippen LogP contribution in [0.3, 0.4) is 0 Å². The molecule has 0 aromatic carbocycles. The Balaban J connectivity index is 0.000000437. The molecule has 5 nitrogen and oxygen atoms in total. The average Bonchev–Trinajstić information content (AvgIpc) is 2.30. The number of piperidine rings is 1. The Bertz CT molecular complexity index is 212. The Morgan fingerprint density at radius 2 is 2.18 bits per heavy atom. The summed E-state index contributed by atoms with van der Waals surface area (Å²) < 4.78 is 5.58. The number of nitrogens with two attached hydrogens (primary N) is 1. The number of hydrogen-bond donors (Lipinski definition) is 2. The first-order chi connectivity index (χ1) is 8.02. The Kier molecular flexibility index (Phi) is 9.03. The van der Waals surface area contributed by atoms with Gasteiger partial charge in [-0.1, -0.05) is 6.42 Å². The fourth-order valence-electron chi connectivity index (χ4n) is 2.00. The first-order valence-corrected chi connectivity index (χ1v) is 6.32. The maximum Gasteiger partial charge on any atom is 0.317 e. The second kappa shape index (κ2) is 9.39. The topological polar surface area (TPSA) is 75.8 Å². The summed E-state index contributed by atoms with van der Waals surface area (Å²) in [5.41, 5.74) is 4.57. The third kappa shape index (κ3) is 7.31. The summed E-state index contributed by atoms with van der Waals surface area (Å²) >= 11 is 0. The second-order valence-electron chi connectivity index (χ2n) is 4.24. The number of rotatable bonds is 4. The number of aliphatic carboxylic acids is 1. The van der Waals surface area contributed by atoms with Gasteiger partial charge in [-0.25, -0.2) is 0 Å². The van der Waals surface area contributed by atoms with Crippen LogP contribution in [-0.2, 0) is 9.53 Å². The molecule has 1 fully saturated rings. The van der Waals surface area contributed by atoms with E-state index in [0.717, 1.165) is 6.61 Å². The maximum atomic E-state index is 9.24. The summed E-state index contributed by atoms with van der Waals surface area (Å²) in [6, 6.07) is 0.709. The van der Waals surface area contributed by atoms with Crippen molar-refractivity contribution in [3.8, 4) is 0 Å². The molecule has 0 saturated carbocycles. The van der Waals surface area contributed by atoms with Gasteiger partial charge in [0.25, 0.3) is 0 Å². The van der Waals surface area contributed by atoms with Crippen molar-refractivity contribution in [2.24, 2.45) is 5.73 Å². The first kappa shape index (κ1) is 16.4. The van der Waals surface area contributed by atoms with Crippen molar-refractivity contribution in [3.63, 3.8) is 0 Å². The van der Waals surface area contributed by atoms with Crippen LogP contribution in [0.25, 0.3) is 0 Å². The summed E-state index contributed by atoms with van der Waals surface area (Å²) in [4.78, 5) is 11.7. The second-order valence-corrected chi connectivity index (χ2v) is 4.24. The fourth-order valence-corrected chi connectivity index (χ4v) is 2.00. The van der Waals surface area contributed by atoms with E-state index in [2.05, 4.69) is 31.4 Å². The van der Waals surface area contributed by atoms with Crippen LogP contribution in [-0.4, -0.2) is 47.9 Å². The van der Waals surface area contributed by atoms with Gasteiger partial charge in [-0.2, -0.15) is 0 Å². The zero-order valence-corrected chi connectivity index (χ0v) is 11.2. The van der Waals surface area contributed by atoms with E-state index in [0.29, 0.717) is 12.3 Å². The minimum absolute atomic E-state index is 0.278. The van der Waals surface area contributed by atoms with E-state index in [4.69, 9.17) is 9.84 Å². The van der Waals surface area contributed by atoms with Crippen molar-refractivity contribution in [2.45, 2.75) is 52.3 Å². The van der Waals surface area contributed by atoms with Crippen molar-refractivity contribution < 1.29 is 14.6 Å². The zero-order chi connectivity index (χ0) is 13.3. The molecule has 1 aliphatic heterocycles. The lowest BCUT2D eigenvalue weighted by atomic mass is 10.0. The van der Waals surface area contributed by atoms with Crippen molar-refractivity contribution >= 4 is 5.97 Å². The van der Waals surface area contributed by atoms with E-state index in [-0.39, 0.29) is 6.54 Å². The third-order valence-electron chi connectivity index (χ3n) is 2.90. The molecular formula is C12H26N2O3. The largest absolute Gasteiger partial charge is 0.480 e. The molecule has 0 aromatic rings. The van der Waals surface area contributed by atoms with Gasteiger partial charge in [0.15, 0.2) is 0 Å². The number of nitrogens with zero attached hydrogens (tertiary/aromatic N) is 1. The SMILES string of the molecule is CCOC(C)N1CCCCC1C.NCC(=O)O. The van der Waals surface area contributed by atoms with Gasteiger partial charge >= 0.3 is 5.97 Å². The Morgan fingerprint density at radius 3 is 2.59 bits per heavy atom. The number of hydrogen-bond acceptors (Lipinski definition) is 4. The van der Waals surface area contributed by atoms with Crippen LogP contribution in [0, 0.1) is 0 Å². The lowest BCUT2D eigenvalue weighted by Crippen LogP contribution is -2.44. The number of carboxylic acid groups (broad SMARTS) is 1. The van der Waals surface area contributed by atoms with Crippen LogP contribution in [0.1, 0.15) is 40.0 Å². The zero-order valence-electron chi connectivity index (χ0n) is 11.2.